The first-order valence-corrected chi connectivity index (χ1v) is 5.52. The molecule has 84 valence electrons. The van der Waals surface area contributed by atoms with E-state index in [1.165, 1.54) is 0 Å². The number of fused-ring (bicyclic) bond motifs is 1. The zero-order chi connectivity index (χ0) is 11.1. The molecule has 0 amide bonds. The highest BCUT2D eigenvalue weighted by Gasteiger charge is 2.55. The molecule has 0 spiro atoms. The summed E-state index contributed by atoms with van der Waals surface area (Å²) in [6.45, 7) is 7.88. The van der Waals surface area contributed by atoms with Gasteiger partial charge < -0.3 is 9.47 Å². The maximum Gasteiger partial charge on any atom is 0.333 e. The monoisotopic (exact) mass is 210 g/mol. The maximum atomic E-state index is 11.2. The van der Waals surface area contributed by atoms with E-state index in [9.17, 15) is 4.79 Å². The van der Waals surface area contributed by atoms with Crippen LogP contribution in [0, 0.1) is 5.92 Å². The van der Waals surface area contributed by atoms with Crippen LogP contribution in [0.1, 0.15) is 33.1 Å². The van der Waals surface area contributed by atoms with E-state index in [4.69, 9.17) is 9.47 Å². The molecular weight excluding hydrogens is 192 g/mol. The van der Waals surface area contributed by atoms with Gasteiger partial charge in [0.05, 0.1) is 18.3 Å². The molecule has 0 radical (unpaired) electrons. The standard InChI is InChI=1S/C12H18O3/c1-8(2)11(13)14-7-9-4-5-10-12(3,6-9)15-10/h9-10H,1,4-7H2,2-3H3. The van der Waals surface area contributed by atoms with Crippen molar-refractivity contribution in [3.63, 3.8) is 0 Å². The van der Waals surface area contributed by atoms with Gasteiger partial charge in [-0.2, -0.15) is 0 Å². The van der Waals surface area contributed by atoms with Gasteiger partial charge in [-0.05, 0) is 39.0 Å². The fraction of sp³-hybridized carbons (Fsp3) is 0.750. The van der Waals surface area contributed by atoms with E-state index in [0.29, 0.717) is 24.2 Å². The average Bonchev–Trinajstić information content (AvgIpc) is 2.84. The molecular formula is C12H18O3. The van der Waals surface area contributed by atoms with E-state index in [2.05, 4.69) is 13.5 Å². The average molecular weight is 210 g/mol. The van der Waals surface area contributed by atoms with Crippen LogP contribution in [0.4, 0.5) is 0 Å². The van der Waals surface area contributed by atoms with Crippen LogP contribution in [0.2, 0.25) is 0 Å². The molecule has 3 unspecified atom stereocenters. The quantitative estimate of drug-likeness (QED) is 0.406. The summed E-state index contributed by atoms with van der Waals surface area (Å²) in [5, 5.41) is 0. The molecule has 15 heavy (non-hydrogen) atoms. The van der Waals surface area contributed by atoms with Crippen molar-refractivity contribution in [3.05, 3.63) is 12.2 Å². The largest absolute Gasteiger partial charge is 0.462 e. The van der Waals surface area contributed by atoms with Crippen LogP contribution in [0.3, 0.4) is 0 Å². The predicted molar refractivity (Wildman–Crippen MR) is 56.4 cm³/mol. The minimum absolute atomic E-state index is 0.0819. The number of hydrogen-bond acceptors (Lipinski definition) is 3. The third-order valence-corrected chi connectivity index (χ3v) is 3.37. The zero-order valence-corrected chi connectivity index (χ0v) is 9.41. The molecule has 0 bridgehead atoms. The third-order valence-electron chi connectivity index (χ3n) is 3.37. The Morgan fingerprint density at radius 1 is 1.60 bits per heavy atom. The van der Waals surface area contributed by atoms with Crippen molar-refractivity contribution in [2.24, 2.45) is 5.92 Å². The second kappa shape index (κ2) is 3.63. The van der Waals surface area contributed by atoms with Gasteiger partial charge in [0.2, 0.25) is 0 Å². The fourth-order valence-corrected chi connectivity index (χ4v) is 2.36. The van der Waals surface area contributed by atoms with Gasteiger partial charge in [-0.1, -0.05) is 6.58 Å². The van der Waals surface area contributed by atoms with Crippen molar-refractivity contribution in [2.45, 2.75) is 44.8 Å². The van der Waals surface area contributed by atoms with Crippen molar-refractivity contribution in [1.82, 2.24) is 0 Å². The van der Waals surface area contributed by atoms with Crippen LogP contribution >= 0.6 is 0 Å². The first-order valence-electron chi connectivity index (χ1n) is 5.52. The molecule has 3 heteroatoms. The SMILES string of the molecule is C=C(C)C(=O)OCC1CCC2OC2(C)C1. The molecule has 0 N–H and O–H groups in total. The molecule has 1 saturated heterocycles. The van der Waals surface area contributed by atoms with Crippen molar-refractivity contribution < 1.29 is 14.3 Å². The highest BCUT2D eigenvalue weighted by molar-refractivity contribution is 5.86. The summed E-state index contributed by atoms with van der Waals surface area (Å²) in [4.78, 5) is 11.2. The first-order chi connectivity index (χ1) is 7.01. The lowest BCUT2D eigenvalue weighted by molar-refractivity contribution is -0.140. The third kappa shape index (κ3) is 2.23. The number of hydrogen-bond donors (Lipinski definition) is 0. The second-order valence-electron chi connectivity index (χ2n) is 4.95. The Labute approximate surface area is 90.4 Å². The van der Waals surface area contributed by atoms with Gasteiger partial charge in [0.15, 0.2) is 0 Å². The summed E-state index contributed by atoms with van der Waals surface area (Å²) in [7, 11) is 0. The maximum absolute atomic E-state index is 11.2. The van der Waals surface area contributed by atoms with Gasteiger partial charge in [-0.15, -0.1) is 0 Å². The summed E-state index contributed by atoms with van der Waals surface area (Å²) < 4.78 is 10.8. The Hall–Kier alpha value is -0.830. The van der Waals surface area contributed by atoms with Gasteiger partial charge >= 0.3 is 5.97 Å². The zero-order valence-electron chi connectivity index (χ0n) is 9.41. The van der Waals surface area contributed by atoms with E-state index in [0.717, 1.165) is 19.3 Å². The number of esters is 1. The van der Waals surface area contributed by atoms with Gasteiger partial charge in [-0.3, -0.25) is 0 Å². The lowest BCUT2D eigenvalue weighted by atomic mass is 9.83. The first kappa shape index (κ1) is 10.7. The van der Waals surface area contributed by atoms with E-state index < -0.39 is 0 Å². The van der Waals surface area contributed by atoms with Crippen molar-refractivity contribution in [1.29, 1.82) is 0 Å². The number of epoxide rings is 1. The second-order valence-corrected chi connectivity index (χ2v) is 4.95. The van der Waals surface area contributed by atoms with Gasteiger partial charge in [0.1, 0.15) is 0 Å². The van der Waals surface area contributed by atoms with Crippen molar-refractivity contribution in [2.75, 3.05) is 6.61 Å². The number of carbonyl (C=O) groups is 1. The summed E-state index contributed by atoms with van der Waals surface area (Å²) >= 11 is 0. The van der Waals surface area contributed by atoms with Crippen molar-refractivity contribution in [3.8, 4) is 0 Å². The lowest BCUT2D eigenvalue weighted by Gasteiger charge is -2.22. The molecule has 0 aromatic carbocycles. The highest BCUT2D eigenvalue weighted by atomic mass is 16.6. The van der Waals surface area contributed by atoms with Gasteiger partial charge in [0, 0.05) is 5.57 Å². The molecule has 3 nitrogen and oxygen atoms in total. The van der Waals surface area contributed by atoms with Crippen LogP contribution in [0.5, 0.6) is 0 Å². The number of rotatable bonds is 3. The molecule has 0 aromatic heterocycles. The predicted octanol–water partition coefficient (Wildman–Crippen LogP) is 2.06. The lowest BCUT2D eigenvalue weighted by Crippen LogP contribution is -2.26. The van der Waals surface area contributed by atoms with E-state index in [-0.39, 0.29) is 11.6 Å². The Balaban J connectivity index is 1.76. The summed E-state index contributed by atoms with van der Waals surface area (Å²) in [6.07, 6.45) is 3.68. The molecule has 0 aromatic rings. The summed E-state index contributed by atoms with van der Waals surface area (Å²) in [5.41, 5.74) is 0.552. The molecule has 1 aliphatic heterocycles. The molecule has 1 aliphatic carbocycles. The smallest absolute Gasteiger partial charge is 0.333 e. The van der Waals surface area contributed by atoms with Crippen LogP contribution in [-0.2, 0) is 14.3 Å². The fourth-order valence-electron chi connectivity index (χ4n) is 2.36. The van der Waals surface area contributed by atoms with Gasteiger partial charge in [-0.25, -0.2) is 4.79 Å². The molecule has 2 rings (SSSR count). The van der Waals surface area contributed by atoms with Crippen LogP contribution < -0.4 is 0 Å². The Morgan fingerprint density at radius 2 is 2.33 bits per heavy atom. The van der Waals surface area contributed by atoms with E-state index in [1.54, 1.807) is 6.92 Å². The summed E-state index contributed by atoms with van der Waals surface area (Å²) in [6, 6.07) is 0. The molecule has 1 saturated carbocycles. The Morgan fingerprint density at radius 3 is 2.93 bits per heavy atom. The van der Waals surface area contributed by atoms with Crippen LogP contribution in [0.25, 0.3) is 0 Å². The van der Waals surface area contributed by atoms with Gasteiger partial charge in [0.25, 0.3) is 0 Å². The highest BCUT2D eigenvalue weighted by Crippen LogP contribution is 2.49. The Kier molecular flexibility index (Phi) is 2.59. The summed E-state index contributed by atoms with van der Waals surface area (Å²) in [5.74, 6) is 0.177. The molecule has 2 fully saturated rings. The van der Waals surface area contributed by atoms with Crippen LogP contribution in [-0.4, -0.2) is 24.3 Å². The molecule has 2 aliphatic rings. The minimum atomic E-state index is -0.279. The number of ether oxygens (including phenoxy) is 2. The van der Waals surface area contributed by atoms with E-state index >= 15 is 0 Å². The topological polar surface area (TPSA) is 38.8 Å². The number of carbonyl (C=O) groups excluding carboxylic acids is 1. The van der Waals surface area contributed by atoms with E-state index in [1.807, 2.05) is 0 Å². The minimum Gasteiger partial charge on any atom is -0.462 e. The van der Waals surface area contributed by atoms with Crippen LogP contribution in [0.15, 0.2) is 12.2 Å². The molecule has 1 heterocycles. The molecule has 3 atom stereocenters. The Bertz CT molecular complexity index is 297. The normalized spacial score (nSPS) is 38.0. The van der Waals surface area contributed by atoms with Crippen molar-refractivity contribution >= 4 is 5.97 Å².